The second-order valence-electron chi connectivity index (χ2n) is 21.9. The van der Waals surface area contributed by atoms with E-state index in [4.69, 9.17) is 9.72 Å². The maximum Gasteiger partial charge on any atom is 0.269 e. The fourth-order valence-corrected chi connectivity index (χ4v) is 8.94. The number of aromatic nitrogens is 4. The molecular weight excluding hydrogens is 781 g/mol. The first-order valence-corrected chi connectivity index (χ1v) is 23.3. The number of benzene rings is 5. The van der Waals surface area contributed by atoms with E-state index in [1.165, 1.54) is 44.3 Å². The SMILES string of the molecule is CC(C)c1cc(C(C)C)c(-c2cccc(-[n+]3[c-]n(-c4cc(Oc5ccc6c7ccccc7n(-c7cc(C(C)(C)C)ccn7)c6c5)cc(C(C)(C)C)c4)c(C(C)(C)C)c3)c2)c(C(C)C)c1. The van der Waals surface area contributed by atoms with E-state index in [1.54, 1.807) is 0 Å². The molecular formula is C59H68N4O. The Morgan fingerprint density at radius 3 is 1.89 bits per heavy atom. The Morgan fingerprint density at radius 1 is 0.578 bits per heavy atom. The summed E-state index contributed by atoms with van der Waals surface area (Å²) in [6.07, 6.45) is 8.00. The predicted octanol–water partition coefficient (Wildman–Crippen LogP) is 15.8. The summed E-state index contributed by atoms with van der Waals surface area (Å²) >= 11 is 0. The van der Waals surface area contributed by atoms with Crippen molar-refractivity contribution in [2.75, 3.05) is 0 Å². The number of nitrogens with zero attached hydrogens (tertiary/aromatic N) is 4. The second kappa shape index (κ2) is 16.6. The number of imidazole rings is 1. The van der Waals surface area contributed by atoms with Crippen molar-refractivity contribution in [1.29, 1.82) is 0 Å². The standard InChI is InChI=1S/C59H68N4O/c1-37(2)41-28-50(38(3)4)56(51(29-41)39(5)6)40-19-18-20-44(27-40)61-35-54(59(13,14)15)62(36-61)45-30-43(58(10,11)12)31-47(33-45)64-46-23-24-49-48-21-16-17-22-52(48)63(53(49)34-46)55-32-42(25-26-60-55)57(7,8)9/h16-35,37-39H,1-15H3. The zero-order chi connectivity index (χ0) is 46.0. The van der Waals surface area contributed by atoms with Gasteiger partial charge in [0.05, 0.1) is 28.1 Å². The van der Waals surface area contributed by atoms with E-state index in [0.29, 0.717) is 17.8 Å². The Bertz CT molecular complexity index is 2980. The molecule has 8 aromatic rings. The molecule has 0 atom stereocenters. The highest BCUT2D eigenvalue weighted by atomic mass is 16.5. The van der Waals surface area contributed by atoms with Gasteiger partial charge in [-0.1, -0.05) is 146 Å². The normalized spacial score (nSPS) is 12.7. The Hall–Kier alpha value is -5.94. The highest BCUT2D eigenvalue weighted by Crippen LogP contribution is 2.41. The number of ether oxygens (including phenoxy) is 1. The number of rotatable bonds is 9. The number of pyridine rings is 1. The fourth-order valence-electron chi connectivity index (χ4n) is 8.94. The van der Waals surface area contributed by atoms with Crippen LogP contribution in [0.25, 0.3) is 50.1 Å². The molecule has 0 unspecified atom stereocenters. The summed E-state index contributed by atoms with van der Waals surface area (Å²) in [4.78, 5) is 4.91. The molecule has 0 saturated carbocycles. The molecule has 5 aromatic carbocycles. The van der Waals surface area contributed by atoms with Crippen molar-refractivity contribution < 1.29 is 9.30 Å². The first-order valence-electron chi connectivity index (χ1n) is 23.3. The first kappa shape index (κ1) is 44.7. The third kappa shape index (κ3) is 8.66. The van der Waals surface area contributed by atoms with Gasteiger partial charge in [0.25, 0.3) is 6.33 Å². The van der Waals surface area contributed by atoms with E-state index in [9.17, 15) is 0 Å². The van der Waals surface area contributed by atoms with Crippen molar-refractivity contribution in [2.45, 2.75) is 138 Å². The molecule has 0 saturated heterocycles. The quantitative estimate of drug-likeness (QED) is 0.107. The van der Waals surface area contributed by atoms with E-state index in [2.05, 4.69) is 239 Å². The minimum absolute atomic E-state index is 0.0110. The molecule has 0 radical (unpaired) electrons. The minimum Gasteiger partial charge on any atom is -0.458 e. The summed E-state index contributed by atoms with van der Waals surface area (Å²) in [5.74, 6) is 3.69. The molecule has 0 spiro atoms. The topological polar surface area (TPSA) is 35.9 Å². The molecule has 0 aliphatic heterocycles. The van der Waals surface area contributed by atoms with Gasteiger partial charge in [0, 0.05) is 29.2 Å². The van der Waals surface area contributed by atoms with E-state index < -0.39 is 0 Å². The zero-order valence-corrected chi connectivity index (χ0v) is 41.0. The molecule has 3 heterocycles. The highest BCUT2D eigenvalue weighted by molar-refractivity contribution is 6.09. The van der Waals surface area contributed by atoms with Gasteiger partial charge in [-0.3, -0.25) is 13.7 Å². The molecule has 330 valence electrons. The smallest absolute Gasteiger partial charge is 0.269 e. The lowest BCUT2D eigenvalue weighted by Crippen LogP contribution is -2.28. The van der Waals surface area contributed by atoms with Crippen LogP contribution in [0.4, 0.5) is 0 Å². The van der Waals surface area contributed by atoms with Crippen LogP contribution in [-0.2, 0) is 16.2 Å². The van der Waals surface area contributed by atoms with Crippen LogP contribution >= 0.6 is 0 Å². The van der Waals surface area contributed by atoms with Crippen LogP contribution in [-0.4, -0.2) is 14.1 Å². The van der Waals surface area contributed by atoms with Gasteiger partial charge in [0.1, 0.15) is 17.3 Å². The monoisotopic (exact) mass is 849 g/mol. The minimum atomic E-state index is -0.183. The van der Waals surface area contributed by atoms with Crippen molar-refractivity contribution in [1.82, 2.24) is 14.1 Å². The van der Waals surface area contributed by atoms with Crippen molar-refractivity contribution >= 4 is 21.8 Å². The highest BCUT2D eigenvalue weighted by Gasteiger charge is 2.26. The first-order chi connectivity index (χ1) is 30.1. The number of hydrogen-bond acceptors (Lipinski definition) is 2. The Balaban J connectivity index is 1.24. The molecule has 5 heteroatoms. The van der Waals surface area contributed by atoms with Gasteiger partial charge in [0.15, 0.2) is 0 Å². The van der Waals surface area contributed by atoms with Gasteiger partial charge >= 0.3 is 0 Å². The predicted molar refractivity (Wildman–Crippen MR) is 269 cm³/mol. The Labute approximate surface area is 382 Å². The molecule has 3 aromatic heterocycles. The van der Waals surface area contributed by atoms with E-state index in [1.807, 2.05) is 6.20 Å². The van der Waals surface area contributed by atoms with E-state index in [0.717, 1.165) is 50.8 Å². The summed E-state index contributed by atoms with van der Waals surface area (Å²) in [5, 5.41) is 2.35. The van der Waals surface area contributed by atoms with Crippen LogP contribution in [0, 0.1) is 6.33 Å². The third-order valence-corrected chi connectivity index (χ3v) is 12.8. The van der Waals surface area contributed by atoms with Crippen LogP contribution in [0.15, 0.2) is 122 Å². The van der Waals surface area contributed by atoms with Crippen LogP contribution in [0.3, 0.4) is 0 Å². The Kier molecular flexibility index (Phi) is 11.6. The lowest BCUT2D eigenvalue weighted by Gasteiger charge is -2.24. The van der Waals surface area contributed by atoms with E-state index >= 15 is 0 Å². The molecule has 0 aliphatic rings. The lowest BCUT2D eigenvalue weighted by molar-refractivity contribution is -0.599. The van der Waals surface area contributed by atoms with Crippen molar-refractivity contribution in [3.63, 3.8) is 0 Å². The number of para-hydroxylation sites is 1. The molecule has 5 nitrogen and oxygen atoms in total. The van der Waals surface area contributed by atoms with Gasteiger partial charge in [-0.2, -0.15) is 0 Å². The van der Waals surface area contributed by atoms with Gasteiger partial charge in [0.2, 0.25) is 0 Å². The molecule has 0 fully saturated rings. The molecule has 8 rings (SSSR count). The van der Waals surface area contributed by atoms with Crippen molar-refractivity contribution in [3.8, 4) is 39.8 Å². The maximum absolute atomic E-state index is 6.95. The van der Waals surface area contributed by atoms with Crippen molar-refractivity contribution in [2.24, 2.45) is 0 Å². The summed E-state index contributed by atoms with van der Waals surface area (Å²) < 4.78 is 13.6. The maximum atomic E-state index is 6.95. The molecule has 0 N–H and O–H groups in total. The summed E-state index contributed by atoms with van der Waals surface area (Å²) in [6.45, 7) is 34.2. The van der Waals surface area contributed by atoms with Gasteiger partial charge in [-0.05, 0) is 134 Å². The third-order valence-electron chi connectivity index (χ3n) is 12.8. The average molecular weight is 849 g/mol. The van der Waals surface area contributed by atoms with Crippen molar-refractivity contribution in [3.05, 3.63) is 161 Å². The lowest BCUT2D eigenvalue weighted by atomic mass is 9.82. The van der Waals surface area contributed by atoms with Crippen LogP contribution in [0.1, 0.15) is 155 Å². The molecule has 0 bridgehead atoms. The second-order valence-corrected chi connectivity index (χ2v) is 21.9. The fraction of sp³-hybridized carbons (Fsp3) is 0.356. The van der Waals surface area contributed by atoms with E-state index in [-0.39, 0.29) is 16.2 Å². The molecule has 0 amide bonds. The van der Waals surface area contributed by atoms with Crippen LogP contribution < -0.4 is 9.30 Å². The molecule has 64 heavy (non-hydrogen) atoms. The summed E-state index contributed by atoms with van der Waals surface area (Å²) in [5.41, 5.74) is 14.3. The average Bonchev–Trinajstić information content (AvgIpc) is 3.83. The van der Waals surface area contributed by atoms with Gasteiger partial charge < -0.3 is 4.74 Å². The van der Waals surface area contributed by atoms with Gasteiger partial charge in [-0.15, -0.1) is 0 Å². The summed E-state index contributed by atoms with van der Waals surface area (Å²) in [7, 11) is 0. The van der Waals surface area contributed by atoms with Crippen LogP contribution in [0.5, 0.6) is 11.5 Å². The number of fused-ring (bicyclic) bond motifs is 3. The number of hydrogen-bond donors (Lipinski definition) is 0. The van der Waals surface area contributed by atoms with Gasteiger partial charge in [-0.25, -0.2) is 4.98 Å². The summed E-state index contributed by atoms with van der Waals surface area (Å²) in [6, 6.07) is 39.9. The zero-order valence-electron chi connectivity index (χ0n) is 41.0. The van der Waals surface area contributed by atoms with Crippen LogP contribution in [0.2, 0.25) is 0 Å². The largest absolute Gasteiger partial charge is 0.458 e. The Morgan fingerprint density at radius 2 is 1.25 bits per heavy atom. The molecule has 0 aliphatic carbocycles.